The second kappa shape index (κ2) is 4.67. The van der Waals surface area contributed by atoms with Crippen molar-refractivity contribution in [3.8, 4) is 0 Å². The highest BCUT2D eigenvalue weighted by Gasteiger charge is 2.30. The number of hydrogen-bond acceptors (Lipinski definition) is 3. The van der Waals surface area contributed by atoms with E-state index in [9.17, 15) is 0 Å². The molecule has 0 bridgehead atoms. The van der Waals surface area contributed by atoms with Gasteiger partial charge in [-0.3, -0.25) is 9.98 Å². The molecule has 4 heteroatoms. The molecule has 0 saturated heterocycles. The average molecular weight is 273 g/mol. The van der Waals surface area contributed by atoms with Crippen LogP contribution >= 0.6 is 11.8 Å². The van der Waals surface area contributed by atoms with Gasteiger partial charge >= 0.3 is 0 Å². The highest BCUT2D eigenvalue weighted by molar-refractivity contribution is 8.14. The molecule has 0 aliphatic carbocycles. The van der Waals surface area contributed by atoms with Gasteiger partial charge in [-0.2, -0.15) is 0 Å². The topological polar surface area (TPSA) is 28.0 Å². The van der Waals surface area contributed by atoms with Gasteiger partial charge in [0, 0.05) is 23.5 Å². The Morgan fingerprint density at radius 2 is 2.05 bits per heavy atom. The number of benzene rings is 1. The molecule has 2 heterocycles. The van der Waals surface area contributed by atoms with Crippen LogP contribution in [0.1, 0.15) is 32.8 Å². The molecule has 0 N–H and O–H groups in total. The largest absolute Gasteiger partial charge is 0.305 e. The van der Waals surface area contributed by atoms with Crippen molar-refractivity contribution in [2.24, 2.45) is 9.98 Å². The fourth-order valence-electron chi connectivity index (χ4n) is 2.29. The Morgan fingerprint density at radius 1 is 1.26 bits per heavy atom. The first-order valence-electron chi connectivity index (χ1n) is 6.74. The molecule has 3 nitrogen and oxygen atoms in total. The van der Waals surface area contributed by atoms with Crippen LogP contribution in [-0.2, 0) is 0 Å². The Kier molecular flexibility index (Phi) is 3.13. The lowest BCUT2D eigenvalue weighted by atomic mass is 10.1. The van der Waals surface area contributed by atoms with E-state index in [1.54, 1.807) is 11.8 Å². The third kappa shape index (κ3) is 2.54. The number of thioether (sulfide) groups is 1. The van der Waals surface area contributed by atoms with Crippen molar-refractivity contribution in [3.05, 3.63) is 29.8 Å². The van der Waals surface area contributed by atoms with Crippen LogP contribution in [0, 0.1) is 0 Å². The van der Waals surface area contributed by atoms with Crippen molar-refractivity contribution in [2.75, 3.05) is 13.1 Å². The molecule has 0 unspecified atom stereocenters. The van der Waals surface area contributed by atoms with Crippen LogP contribution < -0.4 is 0 Å². The highest BCUT2D eigenvalue weighted by Crippen LogP contribution is 2.34. The standard InChI is InChI=1S/C15H19N3S/c1-15(2,3)17-14-18-10-6-9-16-13(18)11-7-4-5-8-12(11)19-14/h4-5,7-8H,6,9-10H2,1-3H3. The zero-order valence-electron chi connectivity index (χ0n) is 11.7. The van der Waals surface area contributed by atoms with Crippen molar-refractivity contribution < 1.29 is 0 Å². The lowest BCUT2D eigenvalue weighted by Crippen LogP contribution is -2.43. The molecule has 0 spiro atoms. The summed E-state index contributed by atoms with van der Waals surface area (Å²) in [5, 5.41) is 1.09. The first-order valence-corrected chi connectivity index (χ1v) is 7.55. The molecule has 100 valence electrons. The van der Waals surface area contributed by atoms with Gasteiger partial charge in [0.2, 0.25) is 0 Å². The lowest BCUT2D eigenvalue weighted by molar-refractivity contribution is 0.527. The molecule has 1 aromatic rings. The quantitative estimate of drug-likeness (QED) is 0.724. The van der Waals surface area contributed by atoms with Crippen LogP contribution in [0.15, 0.2) is 39.1 Å². The highest BCUT2D eigenvalue weighted by atomic mass is 32.2. The van der Waals surface area contributed by atoms with Crippen molar-refractivity contribution in [1.82, 2.24) is 4.90 Å². The van der Waals surface area contributed by atoms with Crippen LogP contribution in [0.2, 0.25) is 0 Å². The Labute approximate surface area is 118 Å². The monoisotopic (exact) mass is 273 g/mol. The minimum Gasteiger partial charge on any atom is -0.305 e. The van der Waals surface area contributed by atoms with Crippen molar-refractivity contribution >= 4 is 22.8 Å². The summed E-state index contributed by atoms with van der Waals surface area (Å²) in [4.78, 5) is 13.1. The number of hydrogen-bond donors (Lipinski definition) is 0. The Morgan fingerprint density at radius 3 is 2.84 bits per heavy atom. The number of aliphatic imine (C=N–C) groups is 2. The molecule has 1 aromatic carbocycles. The smallest absolute Gasteiger partial charge is 0.170 e. The molecule has 0 fully saturated rings. The van der Waals surface area contributed by atoms with Crippen molar-refractivity contribution in [3.63, 3.8) is 0 Å². The summed E-state index contributed by atoms with van der Waals surface area (Å²) in [6, 6.07) is 8.49. The van der Waals surface area contributed by atoms with E-state index in [0.29, 0.717) is 0 Å². The van der Waals surface area contributed by atoms with Gasteiger partial charge in [0.15, 0.2) is 5.17 Å². The minimum atomic E-state index is -0.0584. The second-order valence-electron chi connectivity index (χ2n) is 5.87. The van der Waals surface area contributed by atoms with Gasteiger partial charge in [0.1, 0.15) is 5.84 Å². The van der Waals surface area contributed by atoms with E-state index in [2.05, 4.69) is 49.9 Å². The van der Waals surface area contributed by atoms with Gasteiger partial charge in [-0.25, -0.2) is 0 Å². The summed E-state index contributed by atoms with van der Waals surface area (Å²) in [5.74, 6) is 1.10. The first kappa shape index (κ1) is 12.7. The number of nitrogens with zero attached hydrogens (tertiary/aromatic N) is 3. The van der Waals surface area contributed by atoms with Crippen molar-refractivity contribution in [2.45, 2.75) is 37.6 Å². The number of amidine groups is 2. The SMILES string of the molecule is CC(C)(C)N=C1Sc2ccccc2C2=NCCCN12. The predicted molar refractivity (Wildman–Crippen MR) is 82.2 cm³/mol. The maximum Gasteiger partial charge on any atom is 0.170 e. The van der Waals surface area contributed by atoms with E-state index in [4.69, 9.17) is 9.98 Å². The summed E-state index contributed by atoms with van der Waals surface area (Å²) in [6.45, 7) is 8.37. The molecule has 0 atom stereocenters. The molecular formula is C15H19N3S. The van der Waals surface area contributed by atoms with Gasteiger partial charge in [0.05, 0.1) is 5.54 Å². The third-order valence-electron chi connectivity index (χ3n) is 3.05. The van der Waals surface area contributed by atoms with Crippen LogP contribution in [0.5, 0.6) is 0 Å². The maximum absolute atomic E-state index is 4.88. The summed E-state index contributed by atoms with van der Waals surface area (Å²) in [7, 11) is 0. The van der Waals surface area contributed by atoms with Crippen LogP contribution in [0.3, 0.4) is 0 Å². The third-order valence-corrected chi connectivity index (χ3v) is 4.12. The van der Waals surface area contributed by atoms with Gasteiger partial charge in [-0.1, -0.05) is 30.0 Å². The Bertz CT molecular complexity index is 555. The van der Waals surface area contributed by atoms with E-state index in [1.165, 1.54) is 10.5 Å². The van der Waals surface area contributed by atoms with E-state index in [0.717, 1.165) is 30.5 Å². The summed E-state index contributed by atoms with van der Waals surface area (Å²) in [5.41, 5.74) is 1.19. The molecule has 2 aliphatic heterocycles. The molecular weight excluding hydrogens is 254 g/mol. The summed E-state index contributed by atoms with van der Waals surface area (Å²) >= 11 is 1.76. The molecule has 19 heavy (non-hydrogen) atoms. The fourth-order valence-corrected chi connectivity index (χ4v) is 3.51. The lowest BCUT2D eigenvalue weighted by Gasteiger charge is -2.35. The maximum atomic E-state index is 4.88. The average Bonchev–Trinajstić information content (AvgIpc) is 2.37. The summed E-state index contributed by atoms with van der Waals surface area (Å²) in [6.07, 6.45) is 1.11. The molecule has 3 rings (SSSR count). The van der Waals surface area contributed by atoms with Crippen molar-refractivity contribution in [1.29, 1.82) is 0 Å². The zero-order chi connectivity index (χ0) is 13.5. The minimum absolute atomic E-state index is 0.0584. The van der Waals surface area contributed by atoms with Crippen LogP contribution in [0.25, 0.3) is 0 Å². The Balaban J connectivity index is 2.10. The molecule has 0 amide bonds. The zero-order valence-corrected chi connectivity index (χ0v) is 12.5. The van der Waals surface area contributed by atoms with E-state index < -0.39 is 0 Å². The Hall–Kier alpha value is -1.29. The van der Waals surface area contributed by atoms with Gasteiger partial charge < -0.3 is 4.90 Å². The molecule has 0 aromatic heterocycles. The van der Waals surface area contributed by atoms with Gasteiger partial charge in [-0.15, -0.1) is 0 Å². The van der Waals surface area contributed by atoms with E-state index >= 15 is 0 Å². The second-order valence-corrected chi connectivity index (χ2v) is 6.88. The fraction of sp³-hybridized carbons (Fsp3) is 0.467. The summed E-state index contributed by atoms with van der Waals surface area (Å²) < 4.78 is 0. The number of fused-ring (bicyclic) bond motifs is 3. The van der Waals surface area contributed by atoms with E-state index in [1.807, 2.05) is 0 Å². The molecule has 0 radical (unpaired) electrons. The molecule has 0 saturated carbocycles. The van der Waals surface area contributed by atoms with Gasteiger partial charge in [0.25, 0.3) is 0 Å². The van der Waals surface area contributed by atoms with Crippen LogP contribution in [-0.4, -0.2) is 34.5 Å². The first-order chi connectivity index (χ1) is 9.04. The van der Waals surface area contributed by atoms with E-state index in [-0.39, 0.29) is 5.54 Å². The normalized spacial score (nSPS) is 20.9. The molecule has 2 aliphatic rings. The van der Waals surface area contributed by atoms with Crippen LogP contribution in [0.4, 0.5) is 0 Å². The van der Waals surface area contributed by atoms with Gasteiger partial charge in [-0.05, 0) is 33.3 Å². The predicted octanol–water partition coefficient (Wildman–Crippen LogP) is 3.40. The number of rotatable bonds is 0.